The molecular formula is C20H28N4O. The summed E-state index contributed by atoms with van der Waals surface area (Å²) >= 11 is 0. The summed E-state index contributed by atoms with van der Waals surface area (Å²) in [5.41, 5.74) is 1.12. The van der Waals surface area contributed by atoms with E-state index in [4.69, 9.17) is 0 Å². The first kappa shape index (κ1) is 17.7. The fraction of sp³-hybridized carbons (Fsp3) is 0.500. The molecule has 25 heavy (non-hydrogen) atoms. The van der Waals surface area contributed by atoms with Gasteiger partial charge in [-0.2, -0.15) is 5.10 Å². The van der Waals surface area contributed by atoms with Crippen LogP contribution in [0.5, 0.6) is 0 Å². The molecule has 1 unspecified atom stereocenters. The first-order chi connectivity index (χ1) is 12.1. The number of hydrogen-bond donors (Lipinski definition) is 1. The van der Waals surface area contributed by atoms with Crippen molar-refractivity contribution >= 4 is 5.91 Å². The van der Waals surface area contributed by atoms with Gasteiger partial charge in [0.2, 0.25) is 5.91 Å². The first-order valence-corrected chi connectivity index (χ1v) is 9.20. The zero-order chi connectivity index (χ0) is 17.6. The number of benzene rings is 1. The maximum absolute atomic E-state index is 12.8. The largest absolute Gasteiger partial charge is 0.347 e. The Morgan fingerprint density at radius 3 is 2.52 bits per heavy atom. The van der Waals surface area contributed by atoms with E-state index in [0.29, 0.717) is 12.6 Å². The van der Waals surface area contributed by atoms with Crippen molar-refractivity contribution in [3.63, 3.8) is 0 Å². The van der Waals surface area contributed by atoms with Gasteiger partial charge in [0.25, 0.3) is 0 Å². The van der Waals surface area contributed by atoms with Crippen LogP contribution in [0.15, 0.2) is 48.8 Å². The van der Waals surface area contributed by atoms with Gasteiger partial charge in [-0.15, -0.1) is 0 Å². The van der Waals surface area contributed by atoms with E-state index in [9.17, 15) is 4.79 Å². The lowest BCUT2D eigenvalue weighted by Gasteiger charge is -2.34. The number of rotatable bonds is 6. The Labute approximate surface area is 150 Å². The average Bonchev–Trinajstić information content (AvgIpc) is 3.15. The highest BCUT2D eigenvalue weighted by molar-refractivity contribution is 5.79. The summed E-state index contributed by atoms with van der Waals surface area (Å²) in [5, 5.41) is 7.56. The number of nitrogens with one attached hydrogen (secondary N) is 1. The number of carbonyl (C=O) groups excluding carboxylic acids is 1. The van der Waals surface area contributed by atoms with Crippen molar-refractivity contribution in [3.05, 3.63) is 54.4 Å². The second-order valence-corrected chi connectivity index (χ2v) is 7.10. The molecule has 0 radical (unpaired) electrons. The van der Waals surface area contributed by atoms with E-state index < -0.39 is 0 Å². The van der Waals surface area contributed by atoms with Crippen LogP contribution in [0, 0.1) is 5.92 Å². The minimum Gasteiger partial charge on any atom is -0.347 e. The van der Waals surface area contributed by atoms with E-state index in [1.165, 1.54) is 0 Å². The summed E-state index contributed by atoms with van der Waals surface area (Å²) in [6, 6.07) is 12.6. The van der Waals surface area contributed by atoms with Crippen molar-refractivity contribution in [2.75, 3.05) is 13.1 Å². The third-order valence-corrected chi connectivity index (χ3v) is 5.08. The number of nitrogens with zero attached hydrogens (tertiary/aromatic N) is 3. The Kier molecular flexibility index (Phi) is 5.87. The number of carbonyl (C=O) groups is 1. The molecule has 0 saturated carbocycles. The van der Waals surface area contributed by atoms with Gasteiger partial charge in [-0.1, -0.05) is 30.3 Å². The van der Waals surface area contributed by atoms with Crippen molar-refractivity contribution < 1.29 is 4.79 Å². The van der Waals surface area contributed by atoms with Crippen molar-refractivity contribution in [3.8, 4) is 0 Å². The molecule has 1 fully saturated rings. The van der Waals surface area contributed by atoms with E-state index in [1.807, 2.05) is 35.1 Å². The second-order valence-electron chi connectivity index (χ2n) is 7.10. The highest BCUT2D eigenvalue weighted by atomic mass is 16.2. The van der Waals surface area contributed by atoms with Crippen LogP contribution in [0.1, 0.15) is 38.3 Å². The Hall–Kier alpha value is -2.14. The number of hydrogen-bond acceptors (Lipinski definition) is 3. The molecule has 1 N–H and O–H groups in total. The second kappa shape index (κ2) is 8.30. The zero-order valence-electron chi connectivity index (χ0n) is 15.1. The molecule has 0 spiro atoms. The van der Waals surface area contributed by atoms with Gasteiger partial charge in [-0.05, 0) is 51.4 Å². The van der Waals surface area contributed by atoms with Crippen molar-refractivity contribution in [2.24, 2.45) is 5.92 Å². The molecule has 2 heterocycles. The maximum Gasteiger partial charge on any atom is 0.223 e. The summed E-state index contributed by atoms with van der Waals surface area (Å²) in [7, 11) is 0. The van der Waals surface area contributed by atoms with Crippen LogP contribution >= 0.6 is 0 Å². The summed E-state index contributed by atoms with van der Waals surface area (Å²) < 4.78 is 1.87. The molecule has 134 valence electrons. The molecule has 1 aromatic carbocycles. The highest BCUT2D eigenvalue weighted by Crippen LogP contribution is 2.21. The highest BCUT2D eigenvalue weighted by Gasteiger charge is 2.27. The van der Waals surface area contributed by atoms with Crippen molar-refractivity contribution in [1.82, 2.24) is 20.0 Å². The number of likely N-dealkylation sites (tertiary alicyclic amines) is 1. The predicted molar refractivity (Wildman–Crippen MR) is 99.0 cm³/mol. The van der Waals surface area contributed by atoms with E-state index in [1.54, 1.807) is 6.20 Å². The molecular weight excluding hydrogens is 312 g/mol. The molecule has 0 aliphatic carbocycles. The first-order valence-electron chi connectivity index (χ1n) is 9.20. The summed E-state index contributed by atoms with van der Waals surface area (Å²) in [5.74, 6) is 0.281. The van der Waals surface area contributed by atoms with Crippen molar-refractivity contribution in [1.29, 1.82) is 0 Å². The third kappa shape index (κ3) is 4.69. The van der Waals surface area contributed by atoms with Gasteiger partial charge in [0.1, 0.15) is 0 Å². The van der Waals surface area contributed by atoms with Gasteiger partial charge < -0.3 is 10.2 Å². The molecule has 1 amide bonds. The van der Waals surface area contributed by atoms with Crippen molar-refractivity contribution in [2.45, 2.75) is 45.3 Å². The predicted octanol–water partition coefficient (Wildman–Crippen LogP) is 2.86. The Bertz CT molecular complexity index is 646. The van der Waals surface area contributed by atoms with Crippen LogP contribution in [0.2, 0.25) is 0 Å². The lowest BCUT2D eigenvalue weighted by Crippen LogP contribution is -2.44. The van der Waals surface area contributed by atoms with E-state index in [2.05, 4.69) is 41.3 Å². The molecule has 1 aliphatic rings. The maximum atomic E-state index is 12.8. The number of aromatic nitrogens is 2. The van der Waals surface area contributed by atoms with Gasteiger partial charge in [-0.25, -0.2) is 0 Å². The van der Waals surface area contributed by atoms with Gasteiger partial charge in [0.05, 0.1) is 12.6 Å². The molecule has 3 rings (SSSR count). The minimum absolute atomic E-state index is 0.0586. The average molecular weight is 340 g/mol. The lowest BCUT2D eigenvalue weighted by atomic mass is 9.94. The SMILES string of the molecule is CC(C)N1CCC(C(=O)NC(Cn2cccn2)c2ccccc2)CC1. The van der Waals surface area contributed by atoms with Crippen LogP contribution in [-0.2, 0) is 11.3 Å². The van der Waals surface area contributed by atoms with Crippen LogP contribution in [-0.4, -0.2) is 39.7 Å². The van der Waals surface area contributed by atoms with Crippen LogP contribution in [0.3, 0.4) is 0 Å². The number of amides is 1. The molecule has 2 aromatic rings. The fourth-order valence-electron chi connectivity index (χ4n) is 3.48. The van der Waals surface area contributed by atoms with Gasteiger partial charge in [0, 0.05) is 24.4 Å². The van der Waals surface area contributed by atoms with Crippen LogP contribution < -0.4 is 5.32 Å². The zero-order valence-corrected chi connectivity index (χ0v) is 15.1. The number of piperidine rings is 1. The molecule has 0 bridgehead atoms. The standard InChI is InChI=1S/C20H28N4O/c1-16(2)23-13-9-18(10-14-23)20(25)22-19(15-24-12-6-11-21-24)17-7-4-3-5-8-17/h3-8,11-12,16,18-19H,9-10,13-15H2,1-2H3,(H,22,25). The Morgan fingerprint density at radius 1 is 1.20 bits per heavy atom. The molecule has 5 nitrogen and oxygen atoms in total. The topological polar surface area (TPSA) is 50.2 Å². The van der Waals surface area contributed by atoms with Gasteiger partial charge >= 0.3 is 0 Å². The van der Waals surface area contributed by atoms with Gasteiger partial charge in [-0.3, -0.25) is 9.48 Å². The van der Waals surface area contributed by atoms with Crippen LogP contribution in [0.25, 0.3) is 0 Å². The summed E-state index contributed by atoms with van der Waals surface area (Å²) in [6.45, 7) is 7.09. The normalized spacial score (nSPS) is 17.6. The molecule has 5 heteroatoms. The van der Waals surface area contributed by atoms with E-state index >= 15 is 0 Å². The van der Waals surface area contributed by atoms with Crippen LogP contribution in [0.4, 0.5) is 0 Å². The monoisotopic (exact) mass is 340 g/mol. The Balaban J connectivity index is 1.65. The van der Waals surface area contributed by atoms with Gasteiger partial charge in [0.15, 0.2) is 0 Å². The smallest absolute Gasteiger partial charge is 0.223 e. The molecule has 1 aromatic heterocycles. The third-order valence-electron chi connectivity index (χ3n) is 5.08. The van der Waals surface area contributed by atoms with E-state index in [-0.39, 0.29) is 17.9 Å². The minimum atomic E-state index is -0.0586. The molecule has 1 saturated heterocycles. The molecule has 1 atom stereocenters. The fourth-order valence-corrected chi connectivity index (χ4v) is 3.48. The Morgan fingerprint density at radius 2 is 1.92 bits per heavy atom. The summed E-state index contributed by atoms with van der Waals surface area (Å²) in [4.78, 5) is 15.3. The quantitative estimate of drug-likeness (QED) is 0.880. The molecule has 1 aliphatic heterocycles. The lowest BCUT2D eigenvalue weighted by molar-refractivity contribution is -0.127. The summed E-state index contributed by atoms with van der Waals surface area (Å²) in [6.07, 6.45) is 5.58. The van der Waals surface area contributed by atoms with E-state index in [0.717, 1.165) is 31.5 Å².